The Hall–Kier alpha value is -1.36. The fraction of sp³-hybridized carbons (Fsp3) is 0.667. The lowest BCUT2D eigenvalue weighted by Gasteiger charge is -2.21. The van der Waals surface area contributed by atoms with Gasteiger partial charge in [-0.15, -0.1) is 0 Å². The van der Waals surface area contributed by atoms with Crippen LogP contribution < -0.4 is 5.32 Å². The molecule has 0 aliphatic rings. The molecular formula is C12H20N2O3. The number of amides is 1. The Morgan fingerprint density at radius 3 is 2.65 bits per heavy atom. The summed E-state index contributed by atoms with van der Waals surface area (Å²) in [5, 5.41) is 16.3. The summed E-state index contributed by atoms with van der Waals surface area (Å²) in [6.07, 6.45) is 0.833. The van der Waals surface area contributed by atoms with Gasteiger partial charge in [0.05, 0.1) is 17.7 Å². The summed E-state index contributed by atoms with van der Waals surface area (Å²) >= 11 is 0. The van der Waals surface area contributed by atoms with Gasteiger partial charge < -0.3 is 14.9 Å². The fourth-order valence-corrected chi connectivity index (χ4v) is 1.39. The molecule has 17 heavy (non-hydrogen) atoms. The molecule has 1 aromatic heterocycles. The number of carbonyl (C=O) groups excluding carboxylic acids is 1. The quantitative estimate of drug-likeness (QED) is 0.808. The van der Waals surface area contributed by atoms with Crippen LogP contribution in [0.4, 0.5) is 0 Å². The van der Waals surface area contributed by atoms with Gasteiger partial charge >= 0.3 is 0 Å². The molecule has 0 fully saturated rings. The average Bonchev–Trinajstić information content (AvgIpc) is 2.58. The largest absolute Gasteiger partial charge is 0.388 e. The second kappa shape index (κ2) is 5.31. The van der Waals surface area contributed by atoms with Crippen LogP contribution in [0.3, 0.4) is 0 Å². The van der Waals surface area contributed by atoms with Crippen LogP contribution in [0.15, 0.2) is 4.52 Å². The second-order valence-electron chi connectivity index (χ2n) is 4.61. The molecule has 1 amide bonds. The molecule has 0 aliphatic heterocycles. The molecule has 1 aromatic rings. The van der Waals surface area contributed by atoms with Crippen molar-refractivity contribution in [3.05, 3.63) is 17.0 Å². The van der Waals surface area contributed by atoms with E-state index in [1.165, 1.54) is 0 Å². The predicted molar refractivity (Wildman–Crippen MR) is 63.6 cm³/mol. The van der Waals surface area contributed by atoms with Crippen molar-refractivity contribution in [2.75, 3.05) is 6.54 Å². The van der Waals surface area contributed by atoms with E-state index in [0.29, 0.717) is 12.2 Å². The Morgan fingerprint density at radius 1 is 1.53 bits per heavy atom. The van der Waals surface area contributed by atoms with E-state index in [1.807, 2.05) is 6.92 Å². The van der Waals surface area contributed by atoms with E-state index in [0.717, 1.165) is 11.3 Å². The van der Waals surface area contributed by atoms with E-state index < -0.39 is 5.60 Å². The summed E-state index contributed by atoms with van der Waals surface area (Å²) in [7, 11) is 0. The Labute approximate surface area is 101 Å². The number of nitrogens with one attached hydrogen (secondary N) is 1. The Kier molecular flexibility index (Phi) is 4.28. The van der Waals surface area contributed by atoms with E-state index in [9.17, 15) is 9.90 Å². The van der Waals surface area contributed by atoms with Crippen molar-refractivity contribution < 1.29 is 14.4 Å². The zero-order chi connectivity index (χ0) is 13.1. The summed E-state index contributed by atoms with van der Waals surface area (Å²) in [5.41, 5.74) is 0.701. The second-order valence-corrected chi connectivity index (χ2v) is 4.61. The minimum atomic E-state index is -0.853. The minimum Gasteiger partial charge on any atom is -0.388 e. The molecule has 1 unspecified atom stereocenters. The number of aromatic nitrogens is 1. The lowest BCUT2D eigenvalue weighted by molar-refractivity contribution is -0.121. The third-order valence-electron chi connectivity index (χ3n) is 2.95. The van der Waals surface area contributed by atoms with Crippen LogP contribution in [0, 0.1) is 13.8 Å². The minimum absolute atomic E-state index is 0.131. The molecule has 96 valence electrons. The molecule has 0 bridgehead atoms. The molecule has 5 nitrogen and oxygen atoms in total. The van der Waals surface area contributed by atoms with Gasteiger partial charge in [-0.2, -0.15) is 0 Å². The van der Waals surface area contributed by atoms with Gasteiger partial charge in [-0.25, -0.2) is 0 Å². The zero-order valence-corrected chi connectivity index (χ0v) is 10.8. The lowest BCUT2D eigenvalue weighted by atomic mass is 10.0. The summed E-state index contributed by atoms with van der Waals surface area (Å²) in [4.78, 5) is 11.7. The molecule has 5 heteroatoms. The number of carbonyl (C=O) groups is 1. The first-order valence-corrected chi connectivity index (χ1v) is 5.76. The smallest absolute Gasteiger partial charge is 0.224 e. The van der Waals surface area contributed by atoms with Crippen molar-refractivity contribution in [1.29, 1.82) is 0 Å². The van der Waals surface area contributed by atoms with Crippen molar-refractivity contribution in [3.63, 3.8) is 0 Å². The average molecular weight is 240 g/mol. The van der Waals surface area contributed by atoms with Crippen LogP contribution in [0.25, 0.3) is 0 Å². The molecule has 0 spiro atoms. The predicted octanol–water partition coefficient (Wildman–Crippen LogP) is 1.11. The molecule has 1 atom stereocenters. The van der Waals surface area contributed by atoms with Gasteiger partial charge in [0.1, 0.15) is 5.76 Å². The van der Waals surface area contributed by atoms with Gasteiger partial charge in [0.2, 0.25) is 5.91 Å². The van der Waals surface area contributed by atoms with Crippen molar-refractivity contribution in [3.8, 4) is 0 Å². The first-order chi connectivity index (χ1) is 7.85. The van der Waals surface area contributed by atoms with E-state index in [4.69, 9.17) is 4.52 Å². The third kappa shape index (κ3) is 3.85. The zero-order valence-electron chi connectivity index (χ0n) is 10.8. The first-order valence-electron chi connectivity index (χ1n) is 5.76. The van der Waals surface area contributed by atoms with Crippen LogP contribution in [0.5, 0.6) is 0 Å². The van der Waals surface area contributed by atoms with E-state index in [2.05, 4.69) is 10.5 Å². The SMILES string of the molecule is CCC(C)(O)CNC(=O)Cc1c(C)noc1C. The van der Waals surface area contributed by atoms with Crippen LogP contribution in [-0.2, 0) is 11.2 Å². The van der Waals surface area contributed by atoms with E-state index >= 15 is 0 Å². The Morgan fingerprint density at radius 2 is 2.18 bits per heavy atom. The molecule has 0 saturated carbocycles. The first kappa shape index (κ1) is 13.7. The monoisotopic (exact) mass is 240 g/mol. The highest BCUT2D eigenvalue weighted by molar-refractivity contribution is 5.79. The number of aliphatic hydroxyl groups is 1. The van der Waals surface area contributed by atoms with Gasteiger partial charge in [0.15, 0.2) is 0 Å². The third-order valence-corrected chi connectivity index (χ3v) is 2.95. The summed E-state index contributed by atoms with van der Waals surface area (Å²) < 4.78 is 4.98. The summed E-state index contributed by atoms with van der Waals surface area (Å²) in [5.74, 6) is 0.535. The highest BCUT2D eigenvalue weighted by atomic mass is 16.5. The maximum absolute atomic E-state index is 11.7. The molecular weight excluding hydrogens is 220 g/mol. The molecule has 0 saturated heterocycles. The van der Waals surface area contributed by atoms with Crippen LogP contribution >= 0.6 is 0 Å². The van der Waals surface area contributed by atoms with Crippen LogP contribution in [-0.4, -0.2) is 28.3 Å². The van der Waals surface area contributed by atoms with Crippen molar-refractivity contribution in [2.24, 2.45) is 0 Å². The van der Waals surface area contributed by atoms with Crippen molar-refractivity contribution >= 4 is 5.91 Å². The topological polar surface area (TPSA) is 75.4 Å². The molecule has 1 heterocycles. The standard InChI is InChI=1S/C12H20N2O3/c1-5-12(4,16)7-13-11(15)6-10-8(2)14-17-9(10)3/h16H,5-7H2,1-4H3,(H,13,15). The number of aryl methyl sites for hydroxylation is 2. The highest BCUT2D eigenvalue weighted by Gasteiger charge is 2.19. The number of hydrogen-bond acceptors (Lipinski definition) is 4. The lowest BCUT2D eigenvalue weighted by Crippen LogP contribution is -2.40. The summed E-state index contributed by atoms with van der Waals surface area (Å²) in [6.45, 7) is 7.42. The maximum Gasteiger partial charge on any atom is 0.224 e. The molecule has 0 aromatic carbocycles. The van der Waals surface area contributed by atoms with Crippen LogP contribution in [0.2, 0.25) is 0 Å². The van der Waals surface area contributed by atoms with Crippen molar-refractivity contribution in [1.82, 2.24) is 10.5 Å². The fourth-order valence-electron chi connectivity index (χ4n) is 1.39. The normalized spacial score (nSPS) is 14.4. The van der Waals surface area contributed by atoms with Gasteiger partial charge in [-0.05, 0) is 27.2 Å². The van der Waals surface area contributed by atoms with Crippen LogP contribution in [0.1, 0.15) is 37.3 Å². The number of nitrogens with zero attached hydrogens (tertiary/aromatic N) is 1. The highest BCUT2D eigenvalue weighted by Crippen LogP contribution is 2.13. The maximum atomic E-state index is 11.7. The Bertz CT molecular complexity index is 377. The van der Waals surface area contributed by atoms with Crippen molar-refractivity contribution in [2.45, 2.75) is 46.1 Å². The van der Waals surface area contributed by atoms with Gasteiger partial charge in [0, 0.05) is 12.1 Å². The number of hydrogen-bond donors (Lipinski definition) is 2. The molecule has 1 rings (SSSR count). The molecule has 0 radical (unpaired) electrons. The molecule has 2 N–H and O–H groups in total. The van der Waals surface area contributed by atoms with Gasteiger partial charge in [0.25, 0.3) is 0 Å². The molecule has 0 aliphatic carbocycles. The Balaban J connectivity index is 2.51. The van der Waals surface area contributed by atoms with Gasteiger partial charge in [-0.3, -0.25) is 4.79 Å². The van der Waals surface area contributed by atoms with E-state index in [-0.39, 0.29) is 18.9 Å². The number of rotatable bonds is 5. The van der Waals surface area contributed by atoms with Gasteiger partial charge in [-0.1, -0.05) is 12.1 Å². The van der Waals surface area contributed by atoms with E-state index in [1.54, 1.807) is 20.8 Å². The summed E-state index contributed by atoms with van der Waals surface area (Å²) in [6, 6.07) is 0.